The van der Waals surface area contributed by atoms with Crippen molar-refractivity contribution in [3.63, 3.8) is 0 Å². The van der Waals surface area contributed by atoms with Gasteiger partial charge in [-0.15, -0.1) is 0 Å². The number of ether oxygens (including phenoxy) is 1. The fraction of sp³-hybridized carbons (Fsp3) is 0.217. The van der Waals surface area contributed by atoms with E-state index < -0.39 is 0 Å². The van der Waals surface area contributed by atoms with Crippen molar-refractivity contribution >= 4 is 27.7 Å². The minimum absolute atomic E-state index is 0.0403. The molecular weight excluding hydrogens is 430 g/mol. The van der Waals surface area contributed by atoms with Crippen molar-refractivity contribution in [2.24, 2.45) is 0 Å². The third-order valence-electron chi connectivity index (χ3n) is 4.93. The lowest BCUT2D eigenvalue weighted by molar-refractivity contribution is 0.0746. The van der Waals surface area contributed by atoms with Crippen LogP contribution in [0.3, 0.4) is 0 Å². The summed E-state index contributed by atoms with van der Waals surface area (Å²) in [5, 5.41) is 0. The van der Waals surface area contributed by atoms with Crippen molar-refractivity contribution < 1.29 is 9.53 Å². The molecule has 0 spiro atoms. The molecule has 0 N–H and O–H groups in total. The number of piperazine rings is 1. The third kappa shape index (κ3) is 4.95. The average molecular weight is 452 g/mol. The Labute approximate surface area is 179 Å². The number of anilines is 1. The second-order valence-electron chi connectivity index (χ2n) is 6.92. The second kappa shape index (κ2) is 9.09. The Bertz CT molecular complexity index is 955. The van der Waals surface area contributed by atoms with Crippen LogP contribution in [-0.2, 0) is 6.61 Å². The number of hydrogen-bond donors (Lipinski definition) is 0. The number of amides is 1. The molecule has 1 aliphatic rings. The summed E-state index contributed by atoms with van der Waals surface area (Å²) in [4.78, 5) is 21.5. The Balaban J connectivity index is 1.35. The smallest absolute Gasteiger partial charge is 0.254 e. The van der Waals surface area contributed by atoms with E-state index in [0.717, 1.165) is 28.9 Å². The molecule has 0 atom stereocenters. The van der Waals surface area contributed by atoms with Crippen LogP contribution in [-0.4, -0.2) is 42.0 Å². The number of halogens is 1. The largest absolute Gasteiger partial charge is 0.489 e. The molecule has 0 bridgehead atoms. The molecule has 29 heavy (non-hydrogen) atoms. The van der Waals surface area contributed by atoms with Crippen LogP contribution in [0.4, 0.5) is 5.82 Å². The number of rotatable bonds is 5. The van der Waals surface area contributed by atoms with Crippen molar-refractivity contribution in [2.45, 2.75) is 6.61 Å². The maximum absolute atomic E-state index is 12.9. The second-order valence-corrected chi connectivity index (χ2v) is 7.83. The molecular formula is C23H22BrN3O2. The van der Waals surface area contributed by atoms with Gasteiger partial charge in [0.05, 0.1) is 0 Å². The van der Waals surface area contributed by atoms with Gasteiger partial charge in [0, 0.05) is 42.4 Å². The van der Waals surface area contributed by atoms with E-state index >= 15 is 0 Å². The molecule has 4 rings (SSSR count). The lowest BCUT2D eigenvalue weighted by Crippen LogP contribution is -2.49. The van der Waals surface area contributed by atoms with Gasteiger partial charge in [-0.1, -0.05) is 36.4 Å². The van der Waals surface area contributed by atoms with E-state index in [-0.39, 0.29) is 5.91 Å². The van der Waals surface area contributed by atoms with Gasteiger partial charge in [-0.05, 0) is 51.8 Å². The van der Waals surface area contributed by atoms with Crippen LogP contribution in [0, 0.1) is 0 Å². The fourth-order valence-electron chi connectivity index (χ4n) is 3.34. The zero-order valence-corrected chi connectivity index (χ0v) is 17.6. The Kier molecular flexibility index (Phi) is 6.10. The van der Waals surface area contributed by atoms with E-state index in [1.807, 2.05) is 71.6 Å². The van der Waals surface area contributed by atoms with E-state index in [4.69, 9.17) is 4.74 Å². The molecule has 0 unspecified atom stereocenters. The number of nitrogens with zero attached hydrogens (tertiary/aromatic N) is 3. The SMILES string of the molecule is O=C(c1cccc(OCc2ccccc2)c1)N1CCN(c2ccc(Br)cn2)CC1. The van der Waals surface area contributed by atoms with Crippen molar-refractivity contribution in [2.75, 3.05) is 31.1 Å². The molecule has 2 heterocycles. The molecule has 148 valence electrons. The van der Waals surface area contributed by atoms with Gasteiger partial charge in [0.15, 0.2) is 0 Å². The first-order valence-electron chi connectivity index (χ1n) is 9.61. The molecule has 1 fully saturated rings. The summed E-state index contributed by atoms with van der Waals surface area (Å²) in [7, 11) is 0. The number of benzene rings is 2. The molecule has 2 aromatic carbocycles. The first-order chi connectivity index (χ1) is 14.2. The van der Waals surface area contributed by atoms with E-state index in [9.17, 15) is 4.79 Å². The predicted molar refractivity (Wildman–Crippen MR) is 117 cm³/mol. The highest BCUT2D eigenvalue weighted by Crippen LogP contribution is 2.20. The zero-order valence-electron chi connectivity index (χ0n) is 16.0. The minimum Gasteiger partial charge on any atom is -0.489 e. The Hall–Kier alpha value is -2.86. The molecule has 1 aliphatic heterocycles. The van der Waals surface area contributed by atoms with Crippen LogP contribution >= 0.6 is 15.9 Å². The molecule has 6 heteroatoms. The van der Waals surface area contributed by atoms with E-state index in [2.05, 4.69) is 25.8 Å². The number of pyridine rings is 1. The minimum atomic E-state index is 0.0403. The van der Waals surface area contributed by atoms with Crippen molar-refractivity contribution in [1.29, 1.82) is 0 Å². The third-order valence-corrected chi connectivity index (χ3v) is 5.40. The summed E-state index contributed by atoms with van der Waals surface area (Å²) in [6.45, 7) is 3.36. The van der Waals surface area contributed by atoms with Gasteiger partial charge in [0.2, 0.25) is 0 Å². The van der Waals surface area contributed by atoms with Crippen LogP contribution in [0.15, 0.2) is 77.4 Å². The quantitative estimate of drug-likeness (QED) is 0.577. The van der Waals surface area contributed by atoms with Gasteiger partial charge in [0.1, 0.15) is 18.2 Å². The Morgan fingerprint density at radius 1 is 0.966 bits per heavy atom. The number of aromatic nitrogens is 1. The van der Waals surface area contributed by atoms with Gasteiger partial charge in [-0.2, -0.15) is 0 Å². The van der Waals surface area contributed by atoms with Gasteiger partial charge in [-0.25, -0.2) is 4.98 Å². The summed E-state index contributed by atoms with van der Waals surface area (Å²) >= 11 is 3.41. The maximum Gasteiger partial charge on any atom is 0.254 e. The zero-order chi connectivity index (χ0) is 20.1. The van der Waals surface area contributed by atoms with Gasteiger partial charge < -0.3 is 14.5 Å². The topological polar surface area (TPSA) is 45.7 Å². The predicted octanol–water partition coefficient (Wildman–Crippen LogP) is 4.39. The summed E-state index contributed by atoms with van der Waals surface area (Å²) in [5.74, 6) is 1.69. The number of carbonyl (C=O) groups excluding carboxylic acids is 1. The van der Waals surface area contributed by atoms with Gasteiger partial charge in [0.25, 0.3) is 5.91 Å². The van der Waals surface area contributed by atoms with Crippen molar-refractivity contribution in [1.82, 2.24) is 9.88 Å². The lowest BCUT2D eigenvalue weighted by atomic mass is 10.1. The van der Waals surface area contributed by atoms with E-state index in [1.54, 1.807) is 6.20 Å². The molecule has 1 aromatic heterocycles. The van der Waals surface area contributed by atoms with E-state index in [0.29, 0.717) is 31.0 Å². The highest BCUT2D eigenvalue weighted by atomic mass is 79.9. The standard InChI is InChI=1S/C23H22BrN3O2/c24-20-9-10-22(25-16-20)26-11-13-27(14-12-26)23(28)19-7-4-8-21(15-19)29-17-18-5-2-1-3-6-18/h1-10,15-16H,11-14,17H2. The molecule has 0 radical (unpaired) electrons. The molecule has 3 aromatic rings. The maximum atomic E-state index is 12.9. The number of hydrogen-bond acceptors (Lipinski definition) is 4. The monoisotopic (exact) mass is 451 g/mol. The summed E-state index contributed by atoms with van der Waals surface area (Å²) in [5.41, 5.74) is 1.76. The highest BCUT2D eigenvalue weighted by Gasteiger charge is 2.23. The first-order valence-corrected chi connectivity index (χ1v) is 10.4. The molecule has 0 saturated carbocycles. The van der Waals surface area contributed by atoms with Crippen LogP contribution in [0.1, 0.15) is 15.9 Å². The molecule has 1 saturated heterocycles. The highest BCUT2D eigenvalue weighted by molar-refractivity contribution is 9.10. The first kappa shape index (κ1) is 19.5. The summed E-state index contributed by atoms with van der Waals surface area (Å²) in [6, 6.07) is 21.4. The molecule has 1 amide bonds. The number of carbonyl (C=O) groups is 1. The average Bonchev–Trinajstić information content (AvgIpc) is 2.79. The fourth-order valence-corrected chi connectivity index (χ4v) is 3.57. The van der Waals surface area contributed by atoms with Gasteiger partial charge in [-0.3, -0.25) is 4.79 Å². The normalized spacial score (nSPS) is 14.0. The van der Waals surface area contributed by atoms with Crippen LogP contribution in [0.2, 0.25) is 0 Å². The Morgan fingerprint density at radius 3 is 2.48 bits per heavy atom. The van der Waals surface area contributed by atoms with Crippen molar-refractivity contribution in [3.8, 4) is 5.75 Å². The van der Waals surface area contributed by atoms with Crippen LogP contribution in [0.5, 0.6) is 5.75 Å². The van der Waals surface area contributed by atoms with E-state index in [1.165, 1.54) is 0 Å². The molecule has 5 nitrogen and oxygen atoms in total. The molecule has 0 aliphatic carbocycles. The lowest BCUT2D eigenvalue weighted by Gasteiger charge is -2.35. The van der Waals surface area contributed by atoms with Crippen LogP contribution in [0.25, 0.3) is 0 Å². The van der Waals surface area contributed by atoms with Gasteiger partial charge >= 0.3 is 0 Å². The van der Waals surface area contributed by atoms with Crippen molar-refractivity contribution in [3.05, 3.63) is 88.5 Å². The van der Waals surface area contributed by atoms with Crippen LogP contribution < -0.4 is 9.64 Å². The Morgan fingerprint density at radius 2 is 1.76 bits per heavy atom. The summed E-state index contributed by atoms with van der Waals surface area (Å²) < 4.78 is 6.83. The summed E-state index contributed by atoms with van der Waals surface area (Å²) in [6.07, 6.45) is 1.80.